The van der Waals surface area contributed by atoms with Crippen molar-refractivity contribution in [2.45, 2.75) is 26.4 Å². The molecule has 0 bridgehead atoms. The van der Waals surface area contributed by atoms with Crippen molar-refractivity contribution in [2.75, 3.05) is 6.54 Å². The minimum Gasteiger partial charge on any atom is -0.479 e. The lowest BCUT2D eigenvalue weighted by Crippen LogP contribution is -2.30. The Kier molecular flexibility index (Phi) is 4.18. The van der Waals surface area contributed by atoms with Crippen LogP contribution < -0.4 is 5.32 Å². The first-order valence-corrected chi connectivity index (χ1v) is 6.41. The summed E-state index contributed by atoms with van der Waals surface area (Å²) in [5.74, 6) is -1.71. The first kappa shape index (κ1) is 14.9. The Bertz CT molecular complexity index is 695. The Hall–Kier alpha value is -2.48. The van der Waals surface area contributed by atoms with Crippen LogP contribution in [0.2, 0.25) is 0 Å². The van der Waals surface area contributed by atoms with Crippen LogP contribution >= 0.6 is 0 Å². The van der Waals surface area contributed by atoms with Crippen LogP contribution in [-0.4, -0.2) is 49.3 Å². The quantitative estimate of drug-likeness (QED) is 0.709. The molecular formula is C13H16N4O4. The molecule has 2 rings (SSSR count). The molecule has 3 N–H and O–H groups in total. The van der Waals surface area contributed by atoms with Gasteiger partial charge in [-0.1, -0.05) is 0 Å². The van der Waals surface area contributed by atoms with E-state index < -0.39 is 18.0 Å². The third-order valence-electron chi connectivity index (χ3n) is 3.01. The predicted octanol–water partition coefficient (Wildman–Crippen LogP) is -0.0885. The highest BCUT2D eigenvalue weighted by Gasteiger charge is 2.17. The molecule has 0 saturated carbocycles. The second kappa shape index (κ2) is 5.88. The molecule has 2 aromatic rings. The highest BCUT2D eigenvalue weighted by molar-refractivity contribution is 5.99. The summed E-state index contributed by atoms with van der Waals surface area (Å²) in [5.41, 5.74) is 2.39. The van der Waals surface area contributed by atoms with Crippen LogP contribution in [0.25, 0.3) is 5.65 Å². The molecule has 0 aliphatic carbocycles. The topological polar surface area (TPSA) is 117 Å². The van der Waals surface area contributed by atoms with Crippen LogP contribution in [0, 0.1) is 13.8 Å². The summed E-state index contributed by atoms with van der Waals surface area (Å²) in [6.45, 7) is 3.74. The fourth-order valence-corrected chi connectivity index (χ4v) is 1.97. The van der Waals surface area contributed by atoms with Gasteiger partial charge in [0.1, 0.15) is 5.56 Å². The van der Waals surface area contributed by atoms with Gasteiger partial charge in [-0.2, -0.15) is 5.10 Å². The summed E-state index contributed by atoms with van der Waals surface area (Å²) >= 11 is 0. The van der Waals surface area contributed by atoms with Gasteiger partial charge in [-0.05, 0) is 19.9 Å². The molecule has 2 aromatic heterocycles. The van der Waals surface area contributed by atoms with E-state index in [-0.39, 0.29) is 13.0 Å². The molecule has 0 aromatic carbocycles. The van der Waals surface area contributed by atoms with E-state index in [1.54, 1.807) is 4.52 Å². The number of amides is 1. The maximum absolute atomic E-state index is 12.1. The third-order valence-corrected chi connectivity index (χ3v) is 3.01. The van der Waals surface area contributed by atoms with Crippen molar-refractivity contribution in [2.24, 2.45) is 0 Å². The molecule has 2 heterocycles. The lowest BCUT2D eigenvalue weighted by molar-refractivity contribution is -0.146. The van der Waals surface area contributed by atoms with E-state index in [1.165, 1.54) is 6.20 Å². The summed E-state index contributed by atoms with van der Waals surface area (Å²) in [7, 11) is 0. The van der Waals surface area contributed by atoms with Crippen molar-refractivity contribution in [3.8, 4) is 0 Å². The predicted molar refractivity (Wildman–Crippen MR) is 73.1 cm³/mol. The number of aromatic nitrogens is 3. The third kappa shape index (κ3) is 3.16. The summed E-state index contributed by atoms with van der Waals surface area (Å²) in [5, 5.41) is 24.3. The van der Waals surface area contributed by atoms with Gasteiger partial charge in [0.25, 0.3) is 5.91 Å². The molecule has 112 valence electrons. The van der Waals surface area contributed by atoms with Crippen molar-refractivity contribution >= 4 is 17.5 Å². The number of hydrogen-bond donors (Lipinski definition) is 3. The van der Waals surface area contributed by atoms with Gasteiger partial charge in [0.05, 0.1) is 6.20 Å². The van der Waals surface area contributed by atoms with Crippen LogP contribution in [-0.2, 0) is 4.79 Å². The number of aliphatic carboxylic acids is 1. The van der Waals surface area contributed by atoms with Crippen molar-refractivity contribution < 1.29 is 19.8 Å². The van der Waals surface area contributed by atoms with E-state index in [2.05, 4.69) is 15.4 Å². The van der Waals surface area contributed by atoms with Gasteiger partial charge in [-0.15, -0.1) is 0 Å². The molecule has 0 fully saturated rings. The number of fused-ring (bicyclic) bond motifs is 1. The molecule has 0 saturated heterocycles. The maximum Gasteiger partial charge on any atom is 0.332 e. The van der Waals surface area contributed by atoms with Gasteiger partial charge in [-0.3, -0.25) is 4.79 Å². The molecule has 8 heteroatoms. The molecule has 0 spiro atoms. The molecule has 1 amide bonds. The number of nitrogens with one attached hydrogen (secondary N) is 1. The zero-order valence-corrected chi connectivity index (χ0v) is 11.7. The molecule has 0 unspecified atom stereocenters. The van der Waals surface area contributed by atoms with Crippen molar-refractivity contribution in [3.05, 3.63) is 29.2 Å². The van der Waals surface area contributed by atoms with E-state index in [0.29, 0.717) is 11.2 Å². The fourth-order valence-electron chi connectivity index (χ4n) is 1.97. The van der Waals surface area contributed by atoms with Crippen LogP contribution in [0.5, 0.6) is 0 Å². The van der Waals surface area contributed by atoms with Crippen LogP contribution in [0.4, 0.5) is 0 Å². The number of aliphatic hydroxyl groups is 1. The molecule has 21 heavy (non-hydrogen) atoms. The van der Waals surface area contributed by atoms with Gasteiger partial charge in [0, 0.05) is 24.4 Å². The number of aryl methyl sites for hydroxylation is 2. The highest BCUT2D eigenvalue weighted by Crippen LogP contribution is 2.11. The summed E-state index contributed by atoms with van der Waals surface area (Å²) < 4.78 is 1.56. The number of carbonyl (C=O) groups is 2. The highest BCUT2D eigenvalue weighted by atomic mass is 16.4. The van der Waals surface area contributed by atoms with Gasteiger partial charge in [0.2, 0.25) is 0 Å². The zero-order valence-electron chi connectivity index (χ0n) is 11.7. The second-order valence-electron chi connectivity index (χ2n) is 4.73. The first-order chi connectivity index (χ1) is 9.90. The van der Waals surface area contributed by atoms with E-state index in [9.17, 15) is 9.59 Å². The Morgan fingerprint density at radius 1 is 1.43 bits per heavy atom. The Labute approximate surface area is 120 Å². The van der Waals surface area contributed by atoms with Crippen LogP contribution in [0.3, 0.4) is 0 Å². The van der Waals surface area contributed by atoms with Gasteiger partial charge in [0.15, 0.2) is 11.8 Å². The number of hydrogen-bond acceptors (Lipinski definition) is 5. The molecule has 0 aliphatic heterocycles. The number of aliphatic hydroxyl groups excluding tert-OH is 1. The minimum atomic E-state index is -1.49. The SMILES string of the molecule is Cc1cc(C)n2ncc(C(=O)NCC[C@H](O)C(=O)O)c2n1. The summed E-state index contributed by atoms with van der Waals surface area (Å²) in [6.07, 6.45) is -0.138. The smallest absolute Gasteiger partial charge is 0.332 e. The van der Waals surface area contributed by atoms with E-state index in [1.807, 2.05) is 19.9 Å². The van der Waals surface area contributed by atoms with Gasteiger partial charge in [-0.25, -0.2) is 14.3 Å². The minimum absolute atomic E-state index is 0.0500. The Morgan fingerprint density at radius 3 is 2.81 bits per heavy atom. The first-order valence-electron chi connectivity index (χ1n) is 6.41. The number of carboxylic acids is 1. The second-order valence-corrected chi connectivity index (χ2v) is 4.73. The monoisotopic (exact) mass is 292 g/mol. The molecule has 0 radical (unpaired) electrons. The van der Waals surface area contributed by atoms with Crippen molar-refractivity contribution in [1.29, 1.82) is 0 Å². The Morgan fingerprint density at radius 2 is 2.14 bits per heavy atom. The lowest BCUT2D eigenvalue weighted by atomic mass is 10.2. The fraction of sp³-hybridized carbons (Fsp3) is 0.385. The van der Waals surface area contributed by atoms with Crippen LogP contribution in [0.15, 0.2) is 12.3 Å². The summed E-state index contributed by atoms with van der Waals surface area (Å²) in [6, 6.07) is 1.85. The molecule has 1 atom stereocenters. The van der Waals surface area contributed by atoms with Crippen LogP contribution in [0.1, 0.15) is 28.2 Å². The summed E-state index contributed by atoms with van der Waals surface area (Å²) in [4.78, 5) is 26.8. The van der Waals surface area contributed by atoms with Crippen molar-refractivity contribution in [1.82, 2.24) is 19.9 Å². The van der Waals surface area contributed by atoms with E-state index >= 15 is 0 Å². The maximum atomic E-state index is 12.1. The average molecular weight is 292 g/mol. The average Bonchev–Trinajstić information content (AvgIpc) is 2.82. The number of nitrogens with zero attached hydrogens (tertiary/aromatic N) is 3. The standard InChI is InChI=1S/C13H16N4O4/c1-7-5-8(2)17-11(16-7)9(6-15-17)12(19)14-4-3-10(18)13(20)21/h5-6,10,18H,3-4H2,1-2H3,(H,14,19)(H,20,21)/t10-/m0/s1. The van der Waals surface area contributed by atoms with Gasteiger partial charge >= 0.3 is 5.97 Å². The number of carboxylic acid groups (broad SMARTS) is 1. The molecular weight excluding hydrogens is 276 g/mol. The number of rotatable bonds is 5. The zero-order chi connectivity index (χ0) is 15.6. The van der Waals surface area contributed by atoms with E-state index in [0.717, 1.165) is 11.4 Å². The van der Waals surface area contributed by atoms with E-state index in [4.69, 9.17) is 10.2 Å². The van der Waals surface area contributed by atoms with Gasteiger partial charge < -0.3 is 15.5 Å². The molecule has 8 nitrogen and oxygen atoms in total. The number of carbonyl (C=O) groups excluding carboxylic acids is 1. The molecule has 0 aliphatic rings. The largest absolute Gasteiger partial charge is 0.479 e. The Balaban J connectivity index is 2.11. The normalized spacial score (nSPS) is 12.3. The lowest BCUT2D eigenvalue weighted by Gasteiger charge is -2.07. The van der Waals surface area contributed by atoms with Crippen molar-refractivity contribution in [3.63, 3.8) is 0 Å².